The van der Waals surface area contributed by atoms with Crippen LogP contribution in [0.1, 0.15) is 90.9 Å². The molecule has 17 unspecified atom stereocenters. The molecule has 0 aromatic carbocycles. The van der Waals surface area contributed by atoms with Gasteiger partial charge < -0.3 is 89.9 Å². The number of aliphatic hydroxyl groups is 11. The van der Waals surface area contributed by atoms with Gasteiger partial charge in [-0.15, -0.1) is 0 Å². The first-order valence-electron chi connectivity index (χ1n) is 19.8. The van der Waals surface area contributed by atoms with Crippen molar-refractivity contribution in [2.75, 3.05) is 26.4 Å². The Kier molecular flexibility index (Phi) is 21.6. The van der Waals surface area contributed by atoms with Crippen LogP contribution in [0.15, 0.2) is 0 Å². The van der Waals surface area contributed by atoms with E-state index in [9.17, 15) is 61.0 Å². The lowest BCUT2D eigenvalue weighted by atomic mass is 9.96. The third-order valence-electron chi connectivity index (χ3n) is 10.5. The second-order valence-corrected chi connectivity index (χ2v) is 14.7. The molecule has 19 heteroatoms. The Labute approximate surface area is 322 Å². The van der Waals surface area contributed by atoms with Crippen molar-refractivity contribution in [1.82, 2.24) is 5.32 Å². The molecule has 12 N–H and O–H groups in total. The van der Waals surface area contributed by atoms with Crippen LogP contribution in [-0.4, -0.2) is 193 Å². The second-order valence-electron chi connectivity index (χ2n) is 14.7. The number of nitrogens with one attached hydrogen (secondary N) is 1. The molecule has 0 bridgehead atoms. The maximum Gasteiger partial charge on any atom is 0.220 e. The lowest BCUT2D eigenvalue weighted by Crippen LogP contribution is -2.66. The molecule has 3 rings (SSSR count). The van der Waals surface area contributed by atoms with Gasteiger partial charge in [-0.3, -0.25) is 4.79 Å². The van der Waals surface area contributed by atoms with Crippen LogP contribution >= 0.6 is 0 Å². The maximum absolute atomic E-state index is 12.3. The van der Waals surface area contributed by atoms with Crippen LogP contribution in [0, 0.1) is 0 Å². The standard InChI is InChI=1S/C36H67NO18/c1-3-5-6-7-8-9-10-11-12-13-14-20(41)19(37-24(42)4-2)18-50-34-30(48)27(45)32(22(16-39)52-34)55-36-31(49)28(46)33(23(17-40)53-36)54-35-29(47)26(44)25(43)21(15-38)51-35/h19-23,25-36,38-41,43-49H,3-18H2,1-2H3,(H,37,42). The average molecular weight is 802 g/mol. The number of carbonyl (C=O) groups excluding carboxylic acids is 1. The van der Waals surface area contributed by atoms with E-state index in [1.165, 1.54) is 38.5 Å². The quantitative estimate of drug-likeness (QED) is 0.0434. The van der Waals surface area contributed by atoms with Crippen LogP contribution in [0.25, 0.3) is 0 Å². The first-order valence-corrected chi connectivity index (χ1v) is 19.8. The summed E-state index contributed by atoms with van der Waals surface area (Å²) in [6.45, 7) is 1.13. The Bertz CT molecular complexity index is 1060. The zero-order valence-corrected chi connectivity index (χ0v) is 31.9. The summed E-state index contributed by atoms with van der Waals surface area (Å²) in [4.78, 5) is 12.3. The molecule has 19 nitrogen and oxygen atoms in total. The number of aliphatic hydroxyl groups excluding tert-OH is 11. The number of hydrogen-bond donors (Lipinski definition) is 12. The van der Waals surface area contributed by atoms with Crippen molar-refractivity contribution in [2.45, 2.75) is 195 Å². The minimum Gasteiger partial charge on any atom is -0.394 e. The van der Waals surface area contributed by atoms with E-state index in [0.717, 1.165) is 25.7 Å². The molecular weight excluding hydrogens is 734 g/mol. The molecule has 1 amide bonds. The Hall–Kier alpha value is -1.21. The fourth-order valence-electron chi connectivity index (χ4n) is 6.98. The van der Waals surface area contributed by atoms with Crippen molar-refractivity contribution in [3.05, 3.63) is 0 Å². The first-order chi connectivity index (χ1) is 26.3. The smallest absolute Gasteiger partial charge is 0.220 e. The van der Waals surface area contributed by atoms with Gasteiger partial charge in [0.05, 0.1) is 38.6 Å². The summed E-state index contributed by atoms with van der Waals surface area (Å²) in [5.74, 6) is -0.335. The monoisotopic (exact) mass is 801 g/mol. The van der Waals surface area contributed by atoms with Crippen molar-refractivity contribution in [1.29, 1.82) is 0 Å². The number of ether oxygens (including phenoxy) is 6. The van der Waals surface area contributed by atoms with Gasteiger partial charge >= 0.3 is 0 Å². The Balaban J connectivity index is 1.56. The van der Waals surface area contributed by atoms with E-state index in [1.54, 1.807) is 6.92 Å². The Morgan fingerprint density at radius 2 is 1.02 bits per heavy atom. The molecule has 3 aliphatic heterocycles. The molecule has 0 aromatic heterocycles. The Morgan fingerprint density at radius 1 is 0.582 bits per heavy atom. The van der Waals surface area contributed by atoms with Crippen molar-refractivity contribution in [3.8, 4) is 0 Å². The number of rotatable bonds is 24. The van der Waals surface area contributed by atoms with E-state index < -0.39 is 124 Å². The van der Waals surface area contributed by atoms with E-state index in [2.05, 4.69) is 12.2 Å². The largest absolute Gasteiger partial charge is 0.394 e. The predicted molar refractivity (Wildman–Crippen MR) is 190 cm³/mol. The number of hydrogen-bond acceptors (Lipinski definition) is 18. The van der Waals surface area contributed by atoms with Crippen LogP contribution in [0.4, 0.5) is 0 Å². The van der Waals surface area contributed by atoms with Gasteiger partial charge in [0, 0.05) is 6.42 Å². The minimum atomic E-state index is -1.96. The maximum atomic E-state index is 12.3. The molecule has 3 aliphatic rings. The number of unbranched alkanes of at least 4 members (excludes halogenated alkanes) is 9. The minimum absolute atomic E-state index is 0.149. The lowest BCUT2D eigenvalue weighted by Gasteiger charge is -2.48. The van der Waals surface area contributed by atoms with Gasteiger partial charge in [-0.05, 0) is 6.42 Å². The molecule has 0 aliphatic carbocycles. The fourth-order valence-corrected chi connectivity index (χ4v) is 6.98. The molecule has 0 radical (unpaired) electrons. The van der Waals surface area contributed by atoms with Gasteiger partial charge in [0.2, 0.25) is 5.91 Å². The highest BCUT2D eigenvalue weighted by Crippen LogP contribution is 2.33. The molecular formula is C36H67NO18. The van der Waals surface area contributed by atoms with Gasteiger partial charge in [-0.25, -0.2) is 0 Å². The topological polar surface area (TPSA) is 307 Å². The molecule has 55 heavy (non-hydrogen) atoms. The van der Waals surface area contributed by atoms with Crippen LogP contribution in [0.3, 0.4) is 0 Å². The van der Waals surface area contributed by atoms with E-state index in [-0.39, 0.29) is 18.9 Å². The SMILES string of the molecule is CCCCCCCCCCCCC(O)C(COC1OC(CO)C(OC2OC(CO)C(OC3OC(CO)C(O)C(O)C3O)C(O)C2O)C(O)C1O)NC(=O)CC. The summed E-state index contributed by atoms with van der Waals surface area (Å²) in [6.07, 6.45) is -14.7. The summed E-state index contributed by atoms with van der Waals surface area (Å²) in [7, 11) is 0. The second kappa shape index (κ2) is 24.7. The average Bonchev–Trinajstić information content (AvgIpc) is 3.18. The van der Waals surface area contributed by atoms with Gasteiger partial charge in [-0.1, -0.05) is 78.1 Å². The highest BCUT2D eigenvalue weighted by Gasteiger charge is 2.53. The summed E-state index contributed by atoms with van der Waals surface area (Å²) in [5.41, 5.74) is 0. The fraction of sp³-hybridized carbons (Fsp3) is 0.972. The van der Waals surface area contributed by atoms with Crippen molar-refractivity contribution >= 4 is 5.91 Å². The highest BCUT2D eigenvalue weighted by molar-refractivity contribution is 5.75. The van der Waals surface area contributed by atoms with E-state index >= 15 is 0 Å². The third-order valence-corrected chi connectivity index (χ3v) is 10.5. The highest BCUT2D eigenvalue weighted by atomic mass is 16.8. The van der Waals surface area contributed by atoms with Gasteiger partial charge in [0.25, 0.3) is 0 Å². The van der Waals surface area contributed by atoms with Gasteiger partial charge in [-0.2, -0.15) is 0 Å². The van der Waals surface area contributed by atoms with Crippen LogP contribution in [-0.2, 0) is 33.2 Å². The van der Waals surface area contributed by atoms with Gasteiger partial charge in [0.1, 0.15) is 73.2 Å². The molecule has 0 saturated carbocycles. The molecule has 3 fully saturated rings. The molecule has 17 atom stereocenters. The van der Waals surface area contributed by atoms with Crippen molar-refractivity contribution in [2.24, 2.45) is 0 Å². The lowest BCUT2D eigenvalue weighted by molar-refractivity contribution is -0.379. The first kappa shape index (κ1) is 48.2. The van der Waals surface area contributed by atoms with E-state index in [1.807, 2.05) is 0 Å². The molecule has 3 heterocycles. The normalized spacial score (nSPS) is 38.1. The molecule has 3 saturated heterocycles. The van der Waals surface area contributed by atoms with E-state index in [0.29, 0.717) is 6.42 Å². The Morgan fingerprint density at radius 3 is 1.51 bits per heavy atom. The summed E-state index contributed by atoms with van der Waals surface area (Å²) >= 11 is 0. The predicted octanol–water partition coefficient (Wildman–Crippen LogP) is -2.98. The van der Waals surface area contributed by atoms with E-state index in [4.69, 9.17) is 28.4 Å². The zero-order valence-electron chi connectivity index (χ0n) is 31.9. The summed E-state index contributed by atoms with van der Waals surface area (Å²) < 4.78 is 33.6. The third kappa shape index (κ3) is 13.7. The van der Waals surface area contributed by atoms with Crippen molar-refractivity contribution in [3.63, 3.8) is 0 Å². The van der Waals surface area contributed by atoms with Gasteiger partial charge in [0.15, 0.2) is 18.9 Å². The molecule has 324 valence electrons. The summed E-state index contributed by atoms with van der Waals surface area (Å²) in [5, 5.41) is 118. The zero-order chi connectivity index (χ0) is 40.7. The molecule has 0 spiro atoms. The number of amides is 1. The van der Waals surface area contributed by atoms with Crippen molar-refractivity contribution < 1.29 is 89.4 Å². The molecule has 0 aromatic rings. The van der Waals surface area contributed by atoms with Crippen LogP contribution in [0.2, 0.25) is 0 Å². The summed E-state index contributed by atoms with van der Waals surface area (Å²) in [6, 6.07) is -0.874. The van der Waals surface area contributed by atoms with Crippen LogP contribution in [0.5, 0.6) is 0 Å². The van der Waals surface area contributed by atoms with Crippen LogP contribution < -0.4 is 5.32 Å². The number of carbonyl (C=O) groups is 1.